The molecule has 3 rings (SSSR count). The molecular formula is C19H20N2Si. The lowest BCUT2D eigenvalue weighted by atomic mass is 10.4. The van der Waals surface area contributed by atoms with E-state index in [1.807, 2.05) is 19.1 Å². The molecule has 0 saturated heterocycles. The summed E-state index contributed by atoms with van der Waals surface area (Å²) >= 11 is 0. The highest BCUT2D eigenvalue weighted by Crippen LogP contribution is 2.12. The van der Waals surface area contributed by atoms with Crippen LogP contribution in [0, 0.1) is 6.92 Å². The standard InChI is InChI=1S/C19H20N2Si/c1-16-10-9-15-19(20-16)21-22(2,17-11-5-3-6-12-17)18-13-7-4-8-14-18/h3-15H,1-2H3,(H,20,21). The summed E-state index contributed by atoms with van der Waals surface area (Å²) in [5.41, 5.74) is 1.03. The Labute approximate surface area is 133 Å². The van der Waals surface area contributed by atoms with Crippen molar-refractivity contribution in [2.45, 2.75) is 13.5 Å². The second-order valence-electron chi connectivity index (χ2n) is 5.65. The first-order chi connectivity index (χ1) is 10.7. The minimum absolute atomic E-state index is 0.946. The molecule has 1 aromatic heterocycles. The van der Waals surface area contributed by atoms with Crippen LogP contribution in [-0.4, -0.2) is 13.2 Å². The quantitative estimate of drug-likeness (QED) is 0.749. The second kappa shape index (κ2) is 6.16. The molecule has 0 aliphatic rings. The van der Waals surface area contributed by atoms with Gasteiger partial charge in [-0.15, -0.1) is 0 Å². The van der Waals surface area contributed by atoms with Crippen LogP contribution < -0.4 is 15.4 Å². The molecule has 2 nitrogen and oxygen atoms in total. The lowest BCUT2D eigenvalue weighted by molar-refractivity contribution is 1.20. The molecular weight excluding hydrogens is 284 g/mol. The molecule has 0 aliphatic heterocycles. The van der Waals surface area contributed by atoms with Gasteiger partial charge in [-0.25, -0.2) is 4.98 Å². The van der Waals surface area contributed by atoms with E-state index in [0.29, 0.717) is 0 Å². The van der Waals surface area contributed by atoms with Crippen molar-refractivity contribution in [3.8, 4) is 0 Å². The number of hydrogen-bond acceptors (Lipinski definition) is 2. The molecule has 3 aromatic rings. The molecule has 0 atom stereocenters. The van der Waals surface area contributed by atoms with Gasteiger partial charge in [0, 0.05) is 5.69 Å². The normalized spacial score (nSPS) is 11.2. The van der Waals surface area contributed by atoms with Crippen LogP contribution in [-0.2, 0) is 0 Å². The fourth-order valence-electron chi connectivity index (χ4n) is 2.72. The van der Waals surface area contributed by atoms with Gasteiger partial charge in [0.25, 0.3) is 0 Å². The van der Waals surface area contributed by atoms with Crippen LogP contribution in [0.25, 0.3) is 0 Å². The minimum atomic E-state index is -2.08. The van der Waals surface area contributed by atoms with E-state index >= 15 is 0 Å². The summed E-state index contributed by atoms with van der Waals surface area (Å²) in [7, 11) is -2.08. The molecule has 0 unspecified atom stereocenters. The van der Waals surface area contributed by atoms with Gasteiger partial charge < -0.3 is 4.98 Å². The molecule has 0 amide bonds. The van der Waals surface area contributed by atoms with Crippen molar-refractivity contribution in [3.05, 3.63) is 84.6 Å². The van der Waals surface area contributed by atoms with Crippen LogP contribution in [0.5, 0.6) is 0 Å². The van der Waals surface area contributed by atoms with Gasteiger partial charge in [0.15, 0.2) is 0 Å². The van der Waals surface area contributed by atoms with E-state index in [1.165, 1.54) is 10.4 Å². The first-order valence-corrected chi connectivity index (χ1v) is 10.0. The molecule has 22 heavy (non-hydrogen) atoms. The Hall–Kier alpha value is -2.39. The summed E-state index contributed by atoms with van der Waals surface area (Å²) < 4.78 is 0. The third-order valence-corrected chi connectivity index (χ3v) is 7.70. The van der Waals surface area contributed by atoms with Crippen molar-refractivity contribution in [1.82, 2.24) is 4.98 Å². The van der Waals surface area contributed by atoms with E-state index < -0.39 is 8.24 Å². The molecule has 0 bridgehead atoms. The molecule has 1 N–H and O–H groups in total. The summed E-state index contributed by atoms with van der Waals surface area (Å²) in [5, 5.41) is 2.70. The third-order valence-electron chi connectivity index (χ3n) is 3.97. The SMILES string of the molecule is Cc1cccc(N[Si](C)(c2ccccc2)c2ccccc2)n1. The predicted molar refractivity (Wildman–Crippen MR) is 96.4 cm³/mol. The Morgan fingerprint density at radius 1 is 0.727 bits per heavy atom. The second-order valence-corrected chi connectivity index (χ2v) is 9.30. The highest BCUT2D eigenvalue weighted by Gasteiger charge is 2.32. The zero-order chi connectivity index (χ0) is 15.4. The van der Waals surface area contributed by atoms with Gasteiger partial charge in [-0.2, -0.15) is 0 Å². The fourth-order valence-corrected chi connectivity index (χ4v) is 5.71. The predicted octanol–water partition coefficient (Wildman–Crippen LogP) is 3.19. The number of hydrogen-bond donors (Lipinski definition) is 1. The highest BCUT2D eigenvalue weighted by atomic mass is 28.3. The number of aromatic nitrogens is 1. The molecule has 0 spiro atoms. The smallest absolute Gasteiger partial charge is 0.216 e. The Kier molecular flexibility index (Phi) is 4.07. The summed E-state index contributed by atoms with van der Waals surface area (Å²) in [4.78, 5) is 8.39. The monoisotopic (exact) mass is 304 g/mol. The maximum atomic E-state index is 4.63. The van der Waals surface area contributed by atoms with E-state index in [2.05, 4.69) is 83.2 Å². The van der Waals surface area contributed by atoms with Crippen LogP contribution in [0.2, 0.25) is 6.55 Å². The first kappa shape index (κ1) is 14.5. The Morgan fingerprint density at radius 2 is 1.27 bits per heavy atom. The Bertz CT molecular complexity index is 702. The van der Waals surface area contributed by atoms with Gasteiger partial charge in [-0.05, 0) is 36.0 Å². The zero-order valence-corrected chi connectivity index (χ0v) is 14.0. The van der Waals surface area contributed by atoms with E-state index in [9.17, 15) is 0 Å². The Morgan fingerprint density at radius 3 is 1.77 bits per heavy atom. The summed E-state index contributed by atoms with van der Waals surface area (Å²) in [6.45, 7) is 4.36. The van der Waals surface area contributed by atoms with Crippen LogP contribution in [0.3, 0.4) is 0 Å². The Balaban J connectivity index is 2.08. The van der Waals surface area contributed by atoms with E-state index in [1.54, 1.807) is 0 Å². The fraction of sp³-hybridized carbons (Fsp3) is 0.105. The summed E-state index contributed by atoms with van der Waals surface area (Å²) in [5.74, 6) is 0.946. The average molecular weight is 304 g/mol. The van der Waals surface area contributed by atoms with Crippen molar-refractivity contribution in [2.75, 3.05) is 4.98 Å². The molecule has 0 saturated carbocycles. The molecule has 3 heteroatoms. The van der Waals surface area contributed by atoms with Gasteiger partial charge in [0.1, 0.15) is 5.82 Å². The van der Waals surface area contributed by atoms with Gasteiger partial charge in [0.05, 0.1) is 0 Å². The number of anilines is 1. The number of pyridine rings is 1. The van der Waals surface area contributed by atoms with Crippen molar-refractivity contribution in [3.63, 3.8) is 0 Å². The van der Waals surface area contributed by atoms with Crippen molar-refractivity contribution < 1.29 is 0 Å². The highest BCUT2D eigenvalue weighted by molar-refractivity contribution is 7.03. The van der Waals surface area contributed by atoms with E-state index in [4.69, 9.17) is 0 Å². The molecule has 0 aliphatic carbocycles. The summed E-state index contributed by atoms with van der Waals surface area (Å²) in [6.07, 6.45) is 0. The number of rotatable bonds is 4. The molecule has 0 radical (unpaired) electrons. The topological polar surface area (TPSA) is 24.9 Å². The number of benzene rings is 2. The lowest BCUT2D eigenvalue weighted by Crippen LogP contribution is -2.62. The third kappa shape index (κ3) is 2.94. The first-order valence-electron chi connectivity index (χ1n) is 7.51. The van der Waals surface area contributed by atoms with Crippen LogP contribution in [0.4, 0.5) is 5.82 Å². The zero-order valence-electron chi connectivity index (χ0n) is 13.0. The summed E-state index contributed by atoms with van der Waals surface area (Å²) in [6, 6.07) is 27.5. The minimum Gasteiger partial charge on any atom is -0.388 e. The van der Waals surface area contributed by atoms with Crippen LogP contribution >= 0.6 is 0 Å². The van der Waals surface area contributed by atoms with Gasteiger partial charge in [0.2, 0.25) is 8.24 Å². The number of nitrogens with one attached hydrogen (secondary N) is 1. The number of aryl methyl sites for hydroxylation is 1. The largest absolute Gasteiger partial charge is 0.388 e. The lowest BCUT2D eigenvalue weighted by Gasteiger charge is -2.30. The maximum Gasteiger partial charge on any atom is 0.216 e. The number of nitrogens with zero attached hydrogens (tertiary/aromatic N) is 1. The average Bonchev–Trinajstić information content (AvgIpc) is 2.56. The molecule has 1 heterocycles. The van der Waals surface area contributed by atoms with Gasteiger partial charge in [-0.1, -0.05) is 66.7 Å². The molecule has 0 fully saturated rings. The van der Waals surface area contributed by atoms with Crippen LogP contribution in [0.1, 0.15) is 5.69 Å². The van der Waals surface area contributed by atoms with E-state index in [0.717, 1.165) is 11.5 Å². The maximum absolute atomic E-state index is 4.63. The van der Waals surface area contributed by atoms with E-state index in [-0.39, 0.29) is 0 Å². The molecule has 2 aromatic carbocycles. The van der Waals surface area contributed by atoms with Crippen molar-refractivity contribution in [1.29, 1.82) is 0 Å². The van der Waals surface area contributed by atoms with Crippen molar-refractivity contribution in [2.24, 2.45) is 0 Å². The van der Waals surface area contributed by atoms with Gasteiger partial charge in [-0.3, -0.25) is 0 Å². The van der Waals surface area contributed by atoms with Crippen LogP contribution in [0.15, 0.2) is 78.9 Å². The molecule has 110 valence electrons. The van der Waals surface area contributed by atoms with Gasteiger partial charge >= 0.3 is 0 Å². The van der Waals surface area contributed by atoms with Crippen molar-refractivity contribution >= 4 is 24.4 Å².